The van der Waals surface area contributed by atoms with E-state index in [9.17, 15) is 0 Å². The van der Waals surface area contributed by atoms with Crippen molar-refractivity contribution >= 4 is 11.6 Å². The normalized spacial score (nSPS) is 11.2. The van der Waals surface area contributed by atoms with Gasteiger partial charge in [-0.3, -0.25) is 0 Å². The molecule has 0 spiro atoms. The van der Waals surface area contributed by atoms with E-state index in [0.29, 0.717) is 0 Å². The molecule has 29 heavy (non-hydrogen) atoms. The number of hydrogen-bond acceptors (Lipinski definition) is 0. The van der Waals surface area contributed by atoms with E-state index in [4.69, 9.17) is 11.6 Å². The van der Waals surface area contributed by atoms with Gasteiger partial charge in [0.15, 0.2) is 0 Å². The van der Waals surface area contributed by atoms with Crippen molar-refractivity contribution in [2.75, 3.05) is 0 Å². The molecule has 2 aromatic carbocycles. The number of rotatable bonds is 1. The Bertz CT molecular complexity index is 1150. The average molecular weight is 395 g/mol. The van der Waals surface area contributed by atoms with E-state index in [1.54, 1.807) is 0 Å². The van der Waals surface area contributed by atoms with E-state index in [1.807, 2.05) is 24.3 Å². The molecule has 0 bridgehead atoms. The van der Waals surface area contributed by atoms with Gasteiger partial charge in [0.05, 0.1) is 0 Å². The van der Waals surface area contributed by atoms with Gasteiger partial charge in [-0.15, -0.1) is 0 Å². The quantitative estimate of drug-likeness (QED) is 0.289. The van der Waals surface area contributed by atoms with Crippen LogP contribution in [0.15, 0.2) is 84.9 Å². The summed E-state index contributed by atoms with van der Waals surface area (Å²) in [5.41, 5.74) is 7.88. The summed E-state index contributed by atoms with van der Waals surface area (Å²) >= 11 is 6.60. The minimum atomic E-state index is 0.141. The molecular formula is C28H23Cl. The first-order valence-electron chi connectivity index (χ1n) is 9.82. The van der Waals surface area contributed by atoms with Crippen molar-refractivity contribution in [3.05, 3.63) is 107 Å². The molecular weight excluding hydrogens is 372 g/mol. The van der Waals surface area contributed by atoms with Crippen LogP contribution >= 0.6 is 11.6 Å². The molecule has 0 saturated heterocycles. The third kappa shape index (κ3) is 4.21. The molecule has 1 heteroatoms. The molecule has 2 aromatic rings. The fourth-order valence-corrected chi connectivity index (χ4v) is 3.76. The van der Waals surface area contributed by atoms with Crippen molar-refractivity contribution in [3.63, 3.8) is 0 Å². The highest BCUT2D eigenvalue weighted by molar-refractivity contribution is 6.33. The summed E-state index contributed by atoms with van der Waals surface area (Å²) in [5, 5.41) is 0.722. The molecule has 0 saturated carbocycles. The van der Waals surface area contributed by atoms with Crippen molar-refractivity contribution in [1.29, 1.82) is 0 Å². The Morgan fingerprint density at radius 1 is 0.655 bits per heavy atom. The second kappa shape index (κ2) is 7.78. The molecule has 0 radical (unpaired) electrons. The van der Waals surface area contributed by atoms with Gasteiger partial charge in [0.1, 0.15) is 0 Å². The van der Waals surface area contributed by atoms with Crippen molar-refractivity contribution < 1.29 is 0 Å². The van der Waals surface area contributed by atoms with E-state index in [2.05, 4.69) is 93.3 Å². The lowest BCUT2D eigenvalue weighted by Gasteiger charge is -2.18. The molecule has 0 aliphatic heterocycles. The van der Waals surface area contributed by atoms with Gasteiger partial charge in [0.25, 0.3) is 0 Å². The minimum Gasteiger partial charge on any atom is -0.0836 e. The van der Waals surface area contributed by atoms with Crippen LogP contribution in [0.25, 0.3) is 22.3 Å². The van der Waals surface area contributed by atoms with Crippen LogP contribution in [-0.2, 0) is 5.41 Å². The van der Waals surface area contributed by atoms with E-state index in [-0.39, 0.29) is 5.41 Å². The fraction of sp³-hybridized carbons (Fsp3) is 0.143. The maximum absolute atomic E-state index is 6.60. The van der Waals surface area contributed by atoms with Crippen LogP contribution in [0.1, 0.15) is 37.5 Å². The Morgan fingerprint density at radius 2 is 1.31 bits per heavy atom. The molecule has 0 nitrogen and oxygen atoms in total. The van der Waals surface area contributed by atoms with Crippen LogP contribution in [-0.4, -0.2) is 0 Å². The number of halogens is 1. The Hall–Kier alpha value is -3.01. The van der Waals surface area contributed by atoms with Gasteiger partial charge in [-0.25, -0.2) is 0 Å². The lowest BCUT2D eigenvalue weighted by molar-refractivity contribution is 0.590. The molecule has 2 aliphatic rings. The zero-order chi connectivity index (χ0) is 20.4. The molecule has 0 fully saturated rings. The molecule has 0 aromatic heterocycles. The standard InChI is InChI=1S/C28H23Cl/c1-28(2,3)25-16-13-20(14-17-25)12-15-21-10-7-11-26(29)27(21)24-18-22-8-5-4-6-9-23(22)19-24/h4-11,13-14,16-19H,1-3H3. The number of fused-ring (bicyclic) bond motifs is 1. The largest absolute Gasteiger partial charge is 0.0836 e. The minimum absolute atomic E-state index is 0.141. The van der Waals surface area contributed by atoms with Crippen LogP contribution in [0.4, 0.5) is 0 Å². The summed E-state index contributed by atoms with van der Waals surface area (Å²) in [4.78, 5) is 0. The van der Waals surface area contributed by atoms with Gasteiger partial charge in [0, 0.05) is 21.7 Å². The zero-order valence-electron chi connectivity index (χ0n) is 17.0. The predicted octanol–water partition coefficient (Wildman–Crippen LogP) is 7.81. The Balaban J connectivity index is 1.75. The summed E-state index contributed by atoms with van der Waals surface area (Å²) in [6, 6.07) is 29.2. The fourth-order valence-electron chi connectivity index (χ4n) is 3.47. The Labute approximate surface area is 178 Å². The number of benzene rings is 2. The van der Waals surface area contributed by atoms with E-state index >= 15 is 0 Å². The Kier molecular flexibility index (Phi) is 5.18. The van der Waals surface area contributed by atoms with Gasteiger partial charge in [0.2, 0.25) is 0 Å². The smallest absolute Gasteiger partial charge is 0.0496 e. The SMILES string of the molecule is CC(C)(C)c1ccc(C#Cc2cccc(Cl)c2-c2cc3cccccc-3c2)cc1. The first kappa shape index (κ1) is 19.3. The van der Waals surface area contributed by atoms with Gasteiger partial charge in [-0.05, 0) is 64.1 Å². The van der Waals surface area contributed by atoms with Crippen molar-refractivity contribution in [3.8, 4) is 34.1 Å². The molecule has 4 rings (SSSR count). The van der Waals surface area contributed by atoms with Crippen LogP contribution in [0.3, 0.4) is 0 Å². The van der Waals surface area contributed by atoms with Crippen LogP contribution in [0, 0.1) is 11.8 Å². The summed E-state index contributed by atoms with van der Waals surface area (Å²) in [7, 11) is 0. The van der Waals surface area contributed by atoms with E-state index in [0.717, 1.165) is 27.3 Å². The highest BCUT2D eigenvalue weighted by Crippen LogP contribution is 2.37. The van der Waals surface area contributed by atoms with Crippen molar-refractivity contribution in [2.45, 2.75) is 26.2 Å². The third-order valence-corrected chi connectivity index (χ3v) is 5.44. The topological polar surface area (TPSA) is 0 Å². The van der Waals surface area contributed by atoms with E-state index in [1.165, 1.54) is 16.7 Å². The molecule has 0 unspecified atom stereocenters. The molecule has 142 valence electrons. The second-order valence-corrected chi connectivity index (χ2v) is 8.71. The number of hydrogen-bond donors (Lipinski definition) is 0. The Morgan fingerprint density at radius 3 is 1.93 bits per heavy atom. The molecule has 0 amide bonds. The summed E-state index contributed by atoms with van der Waals surface area (Å²) in [6.45, 7) is 6.65. The first-order chi connectivity index (χ1) is 13.9. The predicted molar refractivity (Wildman–Crippen MR) is 125 cm³/mol. The van der Waals surface area contributed by atoms with Gasteiger partial charge < -0.3 is 0 Å². The summed E-state index contributed by atoms with van der Waals surface area (Å²) in [6.07, 6.45) is 0. The second-order valence-electron chi connectivity index (χ2n) is 8.31. The molecule has 2 aliphatic carbocycles. The first-order valence-corrected chi connectivity index (χ1v) is 10.2. The van der Waals surface area contributed by atoms with Crippen LogP contribution < -0.4 is 0 Å². The summed E-state index contributed by atoms with van der Waals surface area (Å²) in [5.74, 6) is 6.65. The molecule has 0 N–H and O–H groups in total. The van der Waals surface area contributed by atoms with Gasteiger partial charge in [-0.1, -0.05) is 92.7 Å². The maximum Gasteiger partial charge on any atom is 0.0496 e. The third-order valence-electron chi connectivity index (χ3n) is 5.12. The summed E-state index contributed by atoms with van der Waals surface area (Å²) < 4.78 is 0. The maximum atomic E-state index is 6.60. The highest BCUT2D eigenvalue weighted by atomic mass is 35.5. The van der Waals surface area contributed by atoms with Gasteiger partial charge >= 0.3 is 0 Å². The van der Waals surface area contributed by atoms with E-state index < -0.39 is 0 Å². The lowest BCUT2D eigenvalue weighted by atomic mass is 9.87. The van der Waals surface area contributed by atoms with Crippen LogP contribution in [0.5, 0.6) is 0 Å². The highest BCUT2D eigenvalue weighted by Gasteiger charge is 2.14. The molecule has 0 heterocycles. The van der Waals surface area contributed by atoms with Crippen LogP contribution in [0.2, 0.25) is 5.02 Å². The van der Waals surface area contributed by atoms with Gasteiger partial charge in [-0.2, -0.15) is 0 Å². The monoisotopic (exact) mass is 394 g/mol. The van der Waals surface area contributed by atoms with Crippen molar-refractivity contribution in [1.82, 2.24) is 0 Å². The zero-order valence-corrected chi connectivity index (χ0v) is 17.7. The lowest BCUT2D eigenvalue weighted by Crippen LogP contribution is -2.10. The average Bonchev–Trinajstić information content (AvgIpc) is 2.95. The van der Waals surface area contributed by atoms with Crippen molar-refractivity contribution in [2.24, 2.45) is 0 Å². The molecule has 0 atom stereocenters.